The molecule has 1 atom stereocenters. The summed E-state index contributed by atoms with van der Waals surface area (Å²) in [6, 6.07) is 2.88. The van der Waals surface area contributed by atoms with E-state index >= 15 is 0 Å². The first-order valence-corrected chi connectivity index (χ1v) is 6.59. The highest BCUT2D eigenvalue weighted by Crippen LogP contribution is 2.27. The van der Waals surface area contributed by atoms with Crippen LogP contribution in [0.25, 0.3) is 0 Å². The van der Waals surface area contributed by atoms with Crippen LogP contribution >= 0.6 is 0 Å². The molecule has 0 amide bonds. The van der Waals surface area contributed by atoms with Gasteiger partial charge >= 0.3 is 0 Å². The molecule has 1 aromatic carbocycles. The van der Waals surface area contributed by atoms with Crippen LogP contribution in [-0.2, 0) is 9.84 Å². The maximum Gasteiger partial charge on any atom is 0.159 e. The fourth-order valence-corrected chi connectivity index (χ4v) is 3.43. The van der Waals surface area contributed by atoms with Crippen LogP contribution in [0.2, 0.25) is 0 Å². The van der Waals surface area contributed by atoms with Crippen LogP contribution in [0.4, 0.5) is 8.78 Å². The van der Waals surface area contributed by atoms with E-state index in [1.807, 2.05) is 0 Å². The van der Waals surface area contributed by atoms with Gasteiger partial charge in [0.25, 0.3) is 0 Å². The van der Waals surface area contributed by atoms with E-state index in [2.05, 4.69) is 5.32 Å². The molecule has 0 radical (unpaired) electrons. The first-order chi connectivity index (χ1) is 7.50. The van der Waals surface area contributed by atoms with Gasteiger partial charge in [-0.3, -0.25) is 0 Å². The highest BCUT2D eigenvalue weighted by Gasteiger charge is 2.32. The van der Waals surface area contributed by atoms with Crippen molar-refractivity contribution in [1.82, 2.24) is 5.32 Å². The van der Waals surface area contributed by atoms with Crippen LogP contribution < -0.4 is 5.32 Å². The molecular weight excluding hydrogens is 236 g/mol. The zero-order chi connectivity index (χ0) is 11.8. The Hall–Kier alpha value is -1.01. The Bertz CT molecular complexity index is 502. The molecule has 1 aliphatic heterocycles. The van der Waals surface area contributed by atoms with E-state index in [9.17, 15) is 17.2 Å². The van der Waals surface area contributed by atoms with E-state index in [0.29, 0.717) is 6.54 Å². The minimum Gasteiger partial charge on any atom is -0.314 e. The molecule has 0 spiro atoms. The zero-order valence-electron chi connectivity index (χ0n) is 8.41. The summed E-state index contributed by atoms with van der Waals surface area (Å²) in [6.07, 6.45) is 0. The number of sulfone groups is 1. The molecule has 1 aromatic rings. The molecule has 3 nitrogen and oxygen atoms in total. The third kappa shape index (κ3) is 2.08. The van der Waals surface area contributed by atoms with E-state index in [-0.39, 0.29) is 17.9 Å². The fraction of sp³-hybridized carbons (Fsp3) is 0.400. The Kier molecular flexibility index (Phi) is 2.94. The van der Waals surface area contributed by atoms with E-state index < -0.39 is 26.7 Å². The van der Waals surface area contributed by atoms with Gasteiger partial charge in [0, 0.05) is 18.7 Å². The highest BCUT2D eigenvalue weighted by molar-refractivity contribution is 7.91. The largest absolute Gasteiger partial charge is 0.314 e. The SMILES string of the molecule is O=S1(=O)CCNCC1c1cc(F)ccc1F. The number of halogens is 2. The lowest BCUT2D eigenvalue weighted by molar-refractivity contribution is 0.532. The Morgan fingerprint density at radius 3 is 2.75 bits per heavy atom. The van der Waals surface area contributed by atoms with Crippen molar-refractivity contribution in [2.45, 2.75) is 5.25 Å². The number of benzene rings is 1. The van der Waals surface area contributed by atoms with E-state index in [4.69, 9.17) is 0 Å². The van der Waals surface area contributed by atoms with E-state index in [1.54, 1.807) is 0 Å². The van der Waals surface area contributed by atoms with Crippen LogP contribution in [0.1, 0.15) is 10.8 Å². The molecular formula is C10H11F2NO2S. The summed E-state index contributed by atoms with van der Waals surface area (Å²) in [7, 11) is -3.39. The number of hydrogen-bond acceptors (Lipinski definition) is 3. The topological polar surface area (TPSA) is 46.2 Å². The van der Waals surface area contributed by atoms with Gasteiger partial charge in [-0.15, -0.1) is 0 Å². The predicted molar refractivity (Wildman–Crippen MR) is 55.8 cm³/mol. The van der Waals surface area contributed by atoms with Crippen molar-refractivity contribution in [2.24, 2.45) is 0 Å². The second-order valence-electron chi connectivity index (χ2n) is 3.73. The molecule has 2 rings (SSSR count). The summed E-state index contributed by atoms with van der Waals surface area (Å²) in [5, 5.41) is 1.88. The van der Waals surface area contributed by atoms with Crippen LogP contribution in [0.3, 0.4) is 0 Å². The number of hydrogen-bond donors (Lipinski definition) is 1. The van der Waals surface area contributed by atoms with Gasteiger partial charge in [-0.2, -0.15) is 0 Å². The molecule has 1 N–H and O–H groups in total. The van der Waals surface area contributed by atoms with Gasteiger partial charge in [0.1, 0.15) is 16.9 Å². The van der Waals surface area contributed by atoms with Crippen molar-refractivity contribution >= 4 is 9.84 Å². The van der Waals surface area contributed by atoms with Crippen LogP contribution in [0.5, 0.6) is 0 Å². The standard InChI is InChI=1S/C10H11F2NO2S/c11-7-1-2-9(12)8(5-7)10-6-13-3-4-16(10,14)15/h1-2,5,10,13H,3-4,6H2. The predicted octanol–water partition coefficient (Wildman–Crippen LogP) is 1.02. The normalized spacial score (nSPS) is 24.2. The molecule has 0 aliphatic carbocycles. The molecule has 6 heteroatoms. The van der Waals surface area contributed by atoms with Gasteiger partial charge < -0.3 is 5.32 Å². The average Bonchev–Trinajstić information content (AvgIpc) is 2.22. The van der Waals surface area contributed by atoms with Crippen molar-refractivity contribution < 1.29 is 17.2 Å². The van der Waals surface area contributed by atoms with Crippen molar-refractivity contribution in [3.05, 3.63) is 35.4 Å². The third-order valence-electron chi connectivity index (χ3n) is 2.63. The lowest BCUT2D eigenvalue weighted by Crippen LogP contribution is -2.39. The van der Waals surface area contributed by atoms with Crippen LogP contribution in [0, 0.1) is 11.6 Å². The van der Waals surface area contributed by atoms with Crippen molar-refractivity contribution in [3.63, 3.8) is 0 Å². The summed E-state index contributed by atoms with van der Waals surface area (Å²) in [4.78, 5) is 0. The van der Waals surface area contributed by atoms with Gasteiger partial charge in [-0.05, 0) is 18.2 Å². The van der Waals surface area contributed by atoms with Gasteiger partial charge in [-0.1, -0.05) is 0 Å². The minimum absolute atomic E-state index is 0.0480. The highest BCUT2D eigenvalue weighted by atomic mass is 32.2. The van der Waals surface area contributed by atoms with Crippen molar-refractivity contribution in [1.29, 1.82) is 0 Å². The average molecular weight is 247 g/mol. The molecule has 0 aromatic heterocycles. The maximum absolute atomic E-state index is 13.4. The van der Waals surface area contributed by atoms with Gasteiger partial charge in [0.15, 0.2) is 9.84 Å². The summed E-state index contributed by atoms with van der Waals surface area (Å²) in [5.74, 6) is -1.36. The first kappa shape index (κ1) is 11.5. The van der Waals surface area contributed by atoms with Crippen LogP contribution in [-0.4, -0.2) is 27.3 Å². The third-order valence-corrected chi connectivity index (χ3v) is 4.69. The molecule has 1 aliphatic rings. The number of rotatable bonds is 1. The summed E-state index contributed by atoms with van der Waals surface area (Å²) in [6.45, 7) is 0.485. The molecule has 1 unspecified atom stereocenters. The second-order valence-corrected chi connectivity index (χ2v) is 6.03. The first-order valence-electron chi connectivity index (χ1n) is 4.88. The Labute approximate surface area is 92.4 Å². The summed E-state index contributed by atoms with van der Waals surface area (Å²) in [5.41, 5.74) is -0.0906. The molecule has 1 heterocycles. The van der Waals surface area contributed by atoms with Crippen molar-refractivity contribution in [2.75, 3.05) is 18.8 Å². The second kappa shape index (κ2) is 4.10. The minimum atomic E-state index is -3.39. The fourth-order valence-electron chi connectivity index (χ4n) is 1.78. The maximum atomic E-state index is 13.4. The Morgan fingerprint density at radius 1 is 1.31 bits per heavy atom. The molecule has 1 fully saturated rings. The van der Waals surface area contributed by atoms with Crippen LogP contribution in [0.15, 0.2) is 18.2 Å². The van der Waals surface area contributed by atoms with E-state index in [1.165, 1.54) is 0 Å². The lowest BCUT2D eigenvalue weighted by Gasteiger charge is -2.23. The molecule has 88 valence electrons. The lowest BCUT2D eigenvalue weighted by atomic mass is 10.1. The van der Waals surface area contributed by atoms with Gasteiger partial charge in [0.05, 0.1) is 5.75 Å². The van der Waals surface area contributed by atoms with Gasteiger partial charge in [0.2, 0.25) is 0 Å². The molecule has 1 saturated heterocycles. The zero-order valence-corrected chi connectivity index (χ0v) is 9.23. The molecule has 16 heavy (non-hydrogen) atoms. The molecule has 0 saturated carbocycles. The Morgan fingerprint density at radius 2 is 2.06 bits per heavy atom. The Balaban J connectivity index is 2.46. The monoisotopic (exact) mass is 247 g/mol. The summed E-state index contributed by atoms with van der Waals surface area (Å²) >= 11 is 0. The summed E-state index contributed by atoms with van der Waals surface area (Å²) < 4.78 is 49.8. The van der Waals surface area contributed by atoms with Gasteiger partial charge in [-0.25, -0.2) is 17.2 Å². The quantitative estimate of drug-likeness (QED) is 0.806. The van der Waals surface area contributed by atoms with E-state index in [0.717, 1.165) is 18.2 Å². The smallest absolute Gasteiger partial charge is 0.159 e. The van der Waals surface area contributed by atoms with Crippen molar-refractivity contribution in [3.8, 4) is 0 Å². The molecule has 0 bridgehead atoms. The number of nitrogens with one attached hydrogen (secondary N) is 1.